The highest BCUT2D eigenvalue weighted by molar-refractivity contribution is 7.23. The molecule has 1 aromatic heterocycles. The van der Waals surface area contributed by atoms with Gasteiger partial charge in [-0.1, -0.05) is 92.7 Å². The molecule has 0 unspecified atom stereocenters. The van der Waals surface area contributed by atoms with Crippen molar-refractivity contribution in [2.45, 2.75) is 26.7 Å². The summed E-state index contributed by atoms with van der Waals surface area (Å²) in [5.74, 6) is -0.409. The molecule has 6 aromatic carbocycles. The van der Waals surface area contributed by atoms with Crippen molar-refractivity contribution >= 4 is 77.0 Å². The molecule has 7 aromatic rings. The number of para-hydroxylation sites is 1. The number of ketones is 2. The van der Waals surface area contributed by atoms with Crippen LogP contribution in [0.15, 0.2) is 127 Å². The molecule has 1 aliphatic carbocycles. The third-order valence-electron chi connectivity index (χ3n) is 9.15. The number of anilines is 3. The van der Waals surface area contributed by atoms with Crippen molar-refractivity contribution in [1.82, 2.24) is 0 Å². The third-order valence-corrected chi connectivity index (χ3v) is 10.2. The molecular weight excluding hydrogens is 583 g/mol. The summed E-state index contributed by atoms with van der Waals surface area (Å²) < 4.78 is 1.26. The molecule has 0 N–H and O–H groups in total. The van der Waals surface area contributed by atoms with E-state index < -0.39 is 0 Å². The largest absolute Gasteiger partial charge is 0.301 e. The normalized spacial score (nSPS) is 12.8. The van der Waals surface area contributed by atoms with Gasteiger partial charge in [-0.2, -0.15) is 0 Å². The Bertz CT molecular complexity index is 2310. The lowest BCUT2D eigenvalue weighted by atomic mass is 9.96. The van der Waals surface area contributed by atoms with Crippen LogP contribution in [0.4, 0.5) is 16.4 Å². The van der Waals surface area contributed by atoms with Crippen LogP contribution >= 0.6 is 11.3 Å². The number of carbonyl (C=O) groups is 2. The maximum Gasteiger partial charge on any atom is 0.197 e. The lowest BCUT2D eigenvalue weighted by Gasteiger charge is -2.28. The van der Waals surface area contributed by atoms with Crippen LogP contribution in [0.2, 0.25) is 0 Å². The Labute approximate surface area is 272 Å². The highest BCUT2D eigenvalue weighted by Gasteiger charge is 2.33. The fourth-order valence-electron chi connectivity index (χ4n) is 6.85. The van der Waals surface area contributed by atoms with Crippen molar-refractivity contribution in [3.05, 3.63) is 155 Å². The molecule has 4 heteroatoms. The number of allylic oxidation sites excluding steroid dienone is 1. The molecule has 3 nitrogen and oxygen atoms in total. The number of hydrogen-bond acceptors (Lipinski definition) is 4. The molecule has 46 heavy (non-hydrogen) atoms. The number of nitrogens with zero attached hydrogens (tertiary/aromatic N) is 1. The van der Waals surface area contributed by atoms with Gasteiger partial charge >= 0.3 is 0 Å². The van der Waals surface area contributed by atoms with Crippen molar-refractivity contribution in [2.24, 2.45) is 0 Å². The lowest BCUT2D eigenvalue weighted by molar-refractivity contribution is 0.0990. The molecule has 0 atom stereocenters. The Morgan fingerprint density at radius 2 is 1.28 bits per heavy atom. The minimum absolute atomic E-state index is 0.205. The minimum atomic E-state index is -0.205. The lowest BCUT2D eigenvalue weighted by Crippen LogP contribution is -2.13. The third kappa shape index (κ3) is 4.57. The van der Waals surface area contributed by atoms with E-state index in [0.29, 0.717) is 11.1 Å². The minimum Gasteiger partial charge on any atom is -0.301 e. The number of thiophene rings is 1. The van der Waals surface area contributed by atoms with E-state index in [1.165, 1.54) is 37.3 Å². The van der Waals surface area contributed by atoms with Crippen LogP contribution in [0, 0.1) is 0 Å². The van der Waals surface area contributed by atoms with Crippen LogP contribution in [0.3, 0.4) is 0 Å². The summed E-state index contributed by atoms with van der Waals surface area (Å²) in [4.78, 5) is 29.3. The maximum atomic E-state index is 13.4. The fraction of sp³-hybridized carbons (Fsp3) is 0.0952. The van der Waals surface area contributed by atoms with E-state index in [0.717, 1.165) is 40.3 Å². The molecule has 0 amide bonds. The van der Waals surface area contributed by atoms with Gasteiger partial charge in [0, 0.05) is 15.8 Å². The zero-order chi connectivity index (χ0) is 31.4. The SMILES string of the molecule is CCc1ccccc1N(c1cc2ccccc2s1)c1ccc2cc(C=C3C(=O)c4cc5ccccc5cc4C3=O)ccc2c1CC. The van der Waals surface area contributed by atoms with Gasteiger partial charge in [-0.3, -0.25) is 9.59 Å². The Balaban J connectivity index is 1.24. The summed E-state index contributed by atoms with van der Waals surface area (Å²) in [5, 5.41) is 6.59. The Hall–Kier alpha value is -5.32. The van der Waals surface area contributed by atoms with Crippen molar-refractivity contribution in [1.29, 1.82) is 0 Å². The highest BCUT2D eigenvalue weighted by Crippen LogP contribution is 2.45. The van der Waals surface area contributed by atoms with Gasteiger partial charge in [0.15, 0.2) is 11.6 Å². The van der Waals surface area contributed by atoms with Crippen molar-refractivity contribution in [3.63, 3.8) is 0 Å². The molecule has 8 rings (SSSR count). The Kier molecular flexibility index (Phi) is 6.88. The summed E-state index contributed by atoms with van der Waals surface area (Å²) in [6, 6.07) is 41.7. The molecule has 0 fully saturated rings. The standard InChI is InChI=1S/C42H31NO2S/c1-3-27-11-7-9-15-37(27)43(40-25-31-14-8-10-16-39(31)46-40)38-20-18-30-21-26(17-19-33(30)32(38)4-2)22-36-41(44)34-23-28-12-5-6-13-29(28)24-35(34)42(36)45/h5-25H,3-4H2,1-2H3. The van der Waals surface area contributed by atoms with Crippen LogP contribution in [0.1, 0.15) is 51.3 Å². The van der Waals surface area contributed by atoms with E-state index >= 15 is 0 Å². The number of benzene rings is 6. The molecule has 0 spiro atoms. The molecule has 0 saturated carbocycles. The summed E-state index contributed by atoms with van der Waals surface area (Å²) in [6.07, 6.45) is 3.54. The smallest absolute Gasteiger partial charge is 0.197 e. The topological polar surface area (TPSA) is 37.4 Å². The van der Waals surface area contributed by atoms with Crippen LogP contribution < -0.4 is 4.90 Å². The van der Waals surface area contributed by atoms with E-state index in [1.807, 2.05) is 53.8 Å². The van der Waals surface area contributed by atoms with Crippen LogP contribution in [0.5, 0.6) is 0 Å². The number of hydrogen-bond donors (Lipinski definition) is 0. The number of aryl methyl sites for hydroxylation is 2. The van der Waals surface area contributed by atoms with E-state index in [4.69, 9.17) is 0 Å². The molecule has 0 bridgehead atoms. The molecule has 1 heterocycles. The van der Waals surface area contributed by atoms with E-state index in [1.54, 1.807) is 6.08 Å². The van der Waals surface area contributed by atoms with Gasteiger partial charge in [-0.15, -0.1) is 11.3 Å². The first kappa shape index (κ1) is 28.2. The van der Waals surface area contributed by atoms with Gasteiger partial charge in [-0.25, -0.2) is 0 Å². The Morgan fingerprint density at radius 1 is 0.609 bits per heavy atom. The van der Waals surface area contributed by atoms with Crippen molar-refractivity contribution in [2.75, 3.05) is 4.90 Å². The Morgan fingerprint density at radius 3 is 1.98 bits per heavy atom. The van der Waals surface area contributed by atoms with Crippen molar-refractivity contribution < 1.29 is 9.59 Å². The average molecular weight is 614 g/mol. The molecule has 222 valence electrons. The predicted molar refractivity (Wildman–Crippen MR) is 193 cm³/mol. The first-order valence-electron chi connectivity index (χ1n) is 15.8. The second-order valence-corrected chi connectivity index (χ2v) is 12.9. The number of fused-ring (bicyclic) bond motifs is 4. The first-order valence-corrected chi connectivity index (χ1v) is 16.6. The zero-order valence-electron chi connectivity index (χ0n) is 25.7. The highest BCUT2D eigenvalue weighted by atomic mass is 32.1. The molecule has 1 aliphatic rings. The molecular formula is C42H31NO2S. The average Bonchev–Trinajstić information content (AvgIpc) is 3.62. The molecule has 0 radical (unpaired) electrons. The van der Waals surface area contributed by atoms with Gasteiger partial charge in [0.1, 0.15) is 5.00 Å². The molecule has 0 aliphatic heterocycles. The number of Topliss-reactive ketones (excluding diaryl/α,β-unsaturated/α-hetero) is 2. The summed E-state index contributed by atoms with van der Waals surface area (Å²) in [5.41, 5.74) is 6.95. The van der Waals surface area contributed by atoms with Crippen molar-refractivity contribution in [3.8, 4) is 0 Å². The number of rotatable bonds is 6. The van der Waals surface area contributed by atoms with E-state index in [9.17, 15) is 9.59 Å². The fourth-order valence-corrected chi connectivity index (χ4v) is 7.94. The van der Waals surface area contributed by atoms with Gasteiger partial charge in [0.05, 0.1) is 16.9 Å². The second-order valence-electron chi connectivity index (χ2n) is 11.8. The van der Waals surface area contributed by atoms with Gasteiger partial charge in [-0.05, 0) is 105 Å². The zero-order valence-corrected chi connectivity index (χ0v) is 26.5. The van der Waals surface area contributed by atoms with Crippen LogP contribution in [0.25, 0.3) is 37.7 Å². The summed E-state index contributed by atoms with van der Waals surface area (Å²) in [6.45, 7) is 4.42. The van der Waals surface area contributed by atoms with E-state index in [2.05, 4.69) is 97.6 Å². The van der Waals surface area contributed by atoms with E-state index in [-0.39, 0.29) is 17.1 Å². The first-order chi connectivity index (χ1) is 22.5. The maximum absolute atomic E-state index is 13.4. The van der Waals surface area contributed by atoms with Crippen LogP contribution in [-0.4, -0.2) is 11.6 Å². The van der Waals surface area contributed by atoms with Gasteiger partial charge in [0.2, 0.25) is 0 Å². The predicted octanol–water partition coefficient (Wildman–Crippen LogP) is 11.3. The quantitative estimate of drug-likeness (QED) is 0.138. The molecule has 0 saturated heterocycles. The summed E-state index contributed by atoms with van der Waals surface area (Å²) >= 11 is 1.81. The number of carbonyl (C=O) groups excluding carboxylic acids is 2. The second kappa shape index (κ2) is 11.2. The monoisotopic (exact) mass is 613 g/mol. The summed E-state index contributed by atoms with van der Waals surface area (Å²) in [7, 11) is 0. The van der Waals surface area contributed by atoms with Crippen LogP contribution in [-0.2, 0) is 12.8 Å². The van der Waals surface area contributed by atoms with Gasteiger partial charge < -0.3 is 4.90 Å². The van der Waals surface area contributed by atoms with Gasteiger partial charge in [0.25, 0.3) is 0 Å².